The van der Waals surface area contributed by atoms with E-state index in [4.69, 9.17) is 20.8 Å². The number of ether oxygens (including phenoxy) is 1. The first-order valence-corrected chi connectivity index (χ1v) is 11.5. The average Bonchev–Trinajstić information content (AvgIpc) is 3.37. The number of methoxy groups -OCH3 is 1. The highest BCUT2D eigenvalue weighted by Crippen LogP contribution is 2.36. The second-order valence-corrected chi connectivity index (χ2v) is 8.73. The van der Waals surface area contributed by atoms with Crippen LogP contribution >= 0.6 is 23.4 Å². The summed E-state index contributed by atoms with van der Waals surface area (Å²) in [5.41, 5.74) is 2.91. The van der Waals surface area contributed by atoms with Gasteiger partial charge in [-0.05, 0) is 36.4 Å². The zero-order valence-corrected chi connectivity index (χ0v) is 19.4. The van der Waals surface area contributed by atoms with Gasteiger partial charge in [-0.1, -0.05) is 41.6 Å². The molecule has 7 nitrogen and oxygen atoms in total. The van der Waals surface area contributed by atoms with Gasteiger partial charge in [0, 0.05) is 34.5 Å². The first-order valence-electron chi connectivity index (χ1n) is 10.1. The van der Waals surface area contributed by atoms with E-state index < -0.39 is 0 Å². The second-order valence-electron chi connectivity index (χ2n) is 7.36. The number of halogens is 1. The Morgan fingerprint density at radius 2 is 1.88 bits per heavy atom. The van der Waals surface area contributed by atoms with Crippen molar-refractivity contribution >= 4 is 56.9 Å². The summed E-state index contributed by atoms with van der Waals surface area (Å²) in [6.07, 6.45) is 0. The van der Waals surface area contributed by atoms with Crippen molar-refractivity contribution in [3.63, 3.8) is 0 Å². The molecule has 1 amide bonds. The Bertz CT molecular complexity index is 1480. The number of furan rings is 1. The van der Waals surface area contributed by atoms with Gasteiger partial charge in [0.25, 0.3) is 0 Å². The predicted octanol–water partition coefficient (Wildman–Crippen LogP) is 5.77. The molecular formula is C24H19ClN4O3S. The van der Waals surface area contributed by atoms with Crippen molar-refractivity contribution in [3.8, 4) is 17.1 Å². The molecular weight excluding hydrogens is 460 g/mol. The molecule has 0 aliphatic carbocycles. The minimum absolute atomic E-state index is 0.161. The van der Waals surface area contributed by atoms with Crippen LogP contribution < -0.4 is 10.1 Å². The van der Waals surface area contributed by atoms with E-state index in [0.717, 1.165) is 21.9 Å². The maximum Gasteiger partial charge on any atom is 0.234 e. The zero-order valence-electron chi connectivity index (χ0n) is 17.8. The van der Waals surface area contributed by atoms with E-state index in [-0.39, 0.29) is 11.7 Å². The number of aromatic nitrogens is 3. The molecule has 5 aromatic rings. The van der Waals surface area contributed by atoms with Crippen LogP contribution in [-0.2, 0) is 11.8 Å². The molecule has 33 heavy (non-hydrogen) atoms. The minimum atomic E-state index is -0.190. The third-order valence-electron chi connectivity index (χ3n) is 5.24. The van der Waals surface area contributed by atoms with Crippen molar-refractivity contribution in [2.75, 3.05) is 18.2 Å². The molecule has 0 atom stereocenters. The number of rotatable bonds is 6. The first kappa shape index (κ1) is 21.4. The van der Waals surface area contributed by atoms with Gasteiger partial charge in [0.05, 0.1) is 18.6 Å². The Balaban J connectivity index is 1.32. The molecule has 2 heterocycles. The summed E-state index contributed by atoms with van der Waals surface area (Å²) in [6.45, 7) is 0. The molecule has 0 spiro atoms. The Morgan fingerprint density at radius 3 is 2.67 bits per heavy atom. The van der Waals surface area contributed by atoms with Crippen molar-refractivity contribution in [1.82, 2.24) is 14.8 Å². The molecule has 1 N–H and O–H groups in total. The molecule has 0 aliphatic rings. The Hall–Kier alpha value is -3.49. The molecule has 0 fully saturated rings. The van der Waals surface area contributed by atoms with Crippen LogP contribution in [-0.4, -0.2) is 33.5 Å². The van der Waals surface area contributed by atoms with Crippen LogP contribution in [0.2, 0.25) is 5.02 Å². The maximum atomic E-state index is 12.7. The highest BCUT2D eigenvalue weighted by molar-refractivity contribution is 7.99. The van der Waals surface area contributed by atoms with E-state index in [0.29, 0.717) is 33.0 Å². The van der Waals surface area contributed by atoms with Gasteiger partial charge in [-0.3, -0.25) is 4.79 Å². The number of amides is 1. The lowest BCUT2D eigenvalue weighted by molar-refractivity contribution is -0.113. The largest absolute Gasteiger partial charge is 0.495 e. The summed E-state index contributed by atoms with van der Waals surface area (Å²) < 4.78 is 13.3. The molecule has 0 aliphatic heterocycles. The van der Waals surface area contributed by atoms with Gasteiger partial charge in [-0.15, -0.1) is 10.2 Å². The molecule has 0 unspecified atom stereocenters. The molecule has 0 saturated carbocycles. The molecule has 3 aromatic carbocycles. The van der Waals surface area contributed by atoms with Gasteiger partial charge in [0.15, 0.2) is 11.0 Å². The fourth-order valence-corrected chi connectivity index (χ4v) is 4.46. The number of para-hydroxylation sites is 1. The fourth-order valence-electron chi connectivity index (χ4n) is 3.63. The van der Waals surface area contributed by atoms with Crippen molar-refractivity contribution in [2.45, 2.75) is 5.16 Å². The normalized spacial score (nSPS) is 11.2. The Morgan fingerprint density at radius 1 is 1.09 bits per heavy atom. The smallest absolute Gasteiger partial charge is 0.234 e. The number of carbonyl (C=O) groups is 1. The van der Waals surface area contributed by atoms with Crippen molar-refractivity contribution in [3.05, 3.63) is 65.7 Å². The zero-order chi connectivity index (χ0) is 22.9. The number of nitrogens with one attached hydrogen (secondary N) is 1. The summed E-state index contributed by atoms with van der Waals surface area (Å²) in [4.78, 5) is 12.7. The van der Waals surface area contributed by atoms with Crippen molar-refractivity contribution < 1.29 is 13.9 Å². The lowest BCUT2D eigenvalue weighted by atomic mass is 10.1. The van der Waals surface area contributed by atoms with Gasteiger partial charge in [0.1, 0.15) is 16.9 Å². The Labute approximate surface area is 198 Å². The highest BCUT2D eigenvalue weighted by Gasteiger charge is 2.16. The number of fused-ring (bicyclic) bond motifs is 3. The molecule has 0 radical (unpaired) electrons. The van der Waals surface area contributed by atoms with Crippen LogP contribution in [0.5, 0.6) is 5.75 Å². The SMILES string of the molecule is COc1cc2c(cc1NC(=O)CSc1nnc(-c3ccc(Cl)cc3)n1C)oc1ccccc12. The Kier molecular flexibility index (Phi) is 5.70. The summed E-state index contributed by atoms with van der Waals surface area (Å²) in [7, 11) is 3.44. The molecule has 9 heteroatoms. The lowest BCUT2D eigenvalue weighted by Crippen LogP contribution is -2.15. The van der Waals surface area contributed by atoms with E-state index >= 15 is 0 Å². The van der Waals surface area contributed by atoms with Crippen LogP contribution in [0.3, 0.4) is 0 Å². The number of benzene rings is 3. The molecule has 5 rings (SSSR count). The van der Waals surface area contributed by atoms with Gasteiger partial charge in [-0.2, -0.15) is 0 Å². The number of nitrogens with zero attached hydrogens (tertiary/aromatic N) is 3. The summed E-state index contributed by atoms with van der Waals surface area (Å²) >= 11 is 7.26. The van der Waals surface area contributed by atoms with Gasteiger partial charge >= 0.3 is 0 Å². The number of thioether (sulfide) groups is 1. The molecule has 0 saturated heterocycles. The van der Waals surface area contributed by atoms with Gasteiger partial charge in [0.2, 0.25) is 5.91 Å². The third-order valence-corrected chi connectivity index (χ3v) is 6.51. The van der Waals surface area contributed by atoms with Gasteiger partial charge in [-0.25, -0.2) is 0 Å². The van der Waals surface area contributed by atoms with Gasteiger partial charge < -0.3 is 19.0 Å². The highest BCUT2D eigenvalue weighted by atomic mass is 35.5. The second kappa shape index (κ2) is 8.80. The van der Waals surface area contributed by atoms with Crippen molar-refractivity contribution in [1.29, 1.82) is 0 Å². The number of hydrogen-bond donors (Lipinski definition) is 1. The summed E-state index contributed by atoms with van der Waals surface area (Å²) in [6, 6.07) is 18.8. The molecule has 0 bridgehead atoms. The number of carbonyl (C=O) groups excluding carboxylic acids is 1. The standard InChI is InChI=1S/C24H19ClN4O3S/c1-29-23(14-7-9-15(25)10-8-14)27-28-24(29)33-13-22(30)26-18-12-20-17(11-21(18)31-2)16-5-3-4-6-19(16)32-20/h3-12H,13H2,1-2H3,(H,26,30). The van der Waals surface area contributed by atoms with E-state index in [2.05, 4.69) is 15.5 Å². The lowest BCUT2D eigenvalue weighted by Gasteiger charge is -2.10. The quantitative estimate of drug-likeness (QED) is 0.312. The van der Waals surface area contributed by atoms with Crippen LogP contribution in [0.4, 0.5) is 5.69 Å². The van der Waals surface area contributed by atoms with Crippen LogP contribution in [0.1, 0.15) is 0 Å². The molecule has 2 aromatic heterocycles. The van der Waals surface area contributed by atoms with Crippen LogP contribution in [0.15, 0.2) is 70.2 Å². The average molecular weight is 479 g/mol. The fraction of sp³-hybridized carbons (Fsp3) is 0.125. The topological polar surface area (TPSA) is 82.2 Å². The third kappa shape index (κ3) is 4.15. The first-order chi connectivity index (χ1) is 16.0. The summed E-state index contributed by atoms with van der Waals surface area (Å²) in [5.74, 6) is 1.24. The monoisotopic (exact) mass is 478 g/mol. The van der Waals surface area contributed by atoms with E-state index in [9.17, 15) is 4.79 Å². The van der Waals surface area contributed by atoms with E-state index in [1.807, 2.05) is 54.1 Å². The van der Waals surface area contributed by atoms with E-state index in [1.165, 1.54) is 11.8 Å². The maximum absolute atomic E-state index is 12.7. The van der Waals surface area contributed by atoms with Crippen LogP contribution in [0.25, 0.3) is 33.3 Å². The molecule has 166 valence electrons. The van der Waals surface area contributed by atoms with Crippen molar-refractivity contribution in [2.24, 2.45) is 7.05 Å². The predicted molar refractivity (Wildman–Crippen MR) is 131 cm³/mol. The number of anilines is 1. The summed E-state index contributed by atoms with van der Waals surface area (Å²) in [5, 5.41) is 14.6. The van der Waals surface area contributed by atoms with E-state index in [1.54, 1.807) is 25.3 Å². The van der Waals surface area contributed by atoms with Crippen LogP contribution in [0, 0.1) is 0 Å². The number of hydrogen-bond acceptors (Lipinski definition) is 6. The minimum Gasteiger partial charge on any atom is -0.495 e.